The van der Waals surface area contributed by atoms with Gasteiger partial charge in [0.05, 0.1) is 12.6 Å². The summed E-state index contributed by atoms with van der Waals surface area (Å²) >= 11 is 0. The maximum Gasteiger partial charge on any atom is 0.222 e. The summed E-state index contributed by atoms with van der Waals surface area (Å²) in [5, 5.41) is 12.1. The first-order valence-electron chi connectivity index (χ1n) is 9.32. The molecule has 3 N–H and O–H groups in total. The lowest BCUT2D eigenvalue weighted by molar-refractivity contribution is -0.123. The number of nitrogens with one attached hydrogen (secondary N) is 3. The van der Waals surface area contributed by atoms with E-state index in [2.05, 4.69) is 70.3 Å². The first-order chi connectivity index (χ1) is 12.5. The van der Waals surface area contributed by atoms with Crippen molar-refractivity contribution < 1.29 is 4.79 Å². The van der Waals surface area contributed by atoms with Gasteiger partial charge in [0.1, 0.15) is 0 Å². The van der Waals surface area contributed by atoms with Gasteiger partial charge in [-0.15, -0.1) is 0 Å². The number of amides is 1. The zero-order valence-corrected chi connectivity index (χ0v) is 16.2. The summed E-state index contributed by atoms with van der Waals surface area (Å²) in [6, 6.07) is 15.0. The van der Waals surface area contributed by atoms with E-state index in [0.717, 1.165) is 12.5 Å². The predicted molar refractivity (Wildman–Crippen MR) is 109 cm³/mol. The molecule has 26 heavy (non-hydrogen) atoms. The van der Waals surface area contributed by atoms with Gasteiger partial charge in [0.15, 0.2) is 5.96 Å². The van der Waals surface area contributed by atoms with Gasteiger partial charge in [-0.25, -0.2) is 0 Å². The van der Waals surface area contributed by atoms with Gasteiger partial charge >= 0.3 is 0 Å². The second-order valence-corrected chi connectivity index (χ2v) is 6.68. The summed E-state index contributed by atoms with van der Waals surface area (Å²) in [5.74, 6) is 0.813. The van der Waals surface area contributed by atoms with Crippen LogP contribution in [0.25, 0.3) is 10.8 Å². The molecule has 0 saturated heterocycles. The lowest BCUT2D eigenvalue weighted by Gasteiger charge is -2.19. The Morgan fingerprint density at radius 2 is 1.77 bits per heavy atom. The van der Waals surface area contributed by atoms with Crippen LogP contribution in [-0.2, 0) is 4.79 Å². The molecule has 2 aromatic carbocycles. The molecule has 2 aromatic rings. The van der Waals surface area contributed by atoms with Crippen LogP contribution in [0.2, 0.25) is 0 Å². The number of fused-ring (bicyclic) bond motifs is 1. The molecule has 5 heteroatoms. The van der Waals surface area contributed by atoms with Crippen molar-refractivity contribution in [3.8, 4) is 0 Å². The van der Waals surface area contributed by atoms with E-state index in [4.69, 9.17) is 0 Å². The van der Waals surface area contributed by atoms with Gasteiger partial charge in [0.25, 0.3) is 0 Å². The van der Waals surface area contributed by atoms with Gasteiger partial charge in [0, 0.05) is 19.0 Å². The third kappa shape index (κ3) is 5.76. The molecule has 1 atom stereocenters. The molecule has 1 unspecified atom stereocenters. The predicted octanol–water partition coefficient (Wildman–Crippen LogP) is 3.23. The smallest absolute Gasteiger partial charge is 0.222 e. The average Bonchev–Trinajstić information content (AvgIpc) is 2.64. The fourth-order valence-electron chi connectivity index (χ4n) is 2.64. The normalized spacial score (nSPS) is 12.9. The lowest BCUT2D eigenvalue weighted by Crippen LogP contribution is -2.39. The van der Waals surface area contributed by atoms with E-state index in [9.17, 15) is 4.79 Å². The van der Waals surface area contributed by atoms with Crippen molar-refractivity contribution in [2.75, 3.05) is 19.6 Å². The molecule has 0 aromatic heterocycles. The third-order valence-corrected chi connectivity index (χ3v) is 4.18. The van der Waals surface area contributed by atoms with E-state index < -0.39 is 0 Å². The van der Waals surface area contributed by atoms with Crippen LogP contribution in [0.4, 0.5) is 0 Å². The van der Waals surface area contributed by atoms with Crippen LogP contribution < -0.4 is 16.0 Å². The zero-order chi connectivity index (χ0) is 18.9. The first kappa shape index (κ1) is 19.8. The van der Waals surface area contributed by atoms with E-state index in [1.807, 2.05) is 20.8 Å². The Kier molecular flexibility index (Phi) is 7.45. The Labute approximate surface area is 156 Å². The summed E-state index contributed by atoms with van der Waals surface area (Å²) in [6.07, 6.45) is 0. The maximum atomic E-state index is 11.6. The minimum Gasteiger partial charge on any atom is -0.357 e. The van der Waals surface area contributed by atoms with Crippen molar-refractivity contribution in [3.05, 3.63) is 48.0 Å². The number of carbonyl (C=O) groups excluding carboxylic acids is 1. The summed E-state index contributed by atoms with van der Waals surface area (Å²) < 4.78 is 0. The highest BCUT2D eigenvalue weighted by molar-refractivity contribution is 5.84. The molecule has 0 bridgehead atoms. The highest BCUT2D eigenvalue weighted by atomic mass is 16.1. The van der Waals surface area contributed by atoms with Crippen LogP contribution in [0.15, 0.2) is 47.5 Å². The molecule has 140 valence electrons. The van der Waals surface area contributed by atoms with E-state index in [0.29, 0.717) is 13.1 Å². The summed E-state index contributed by atoms with van der Waals surface area (Å²) in [6.45, 7) is 9.80. The maximum absolute atomic E-state index is 11.6. The molecule has 0 saturated carbocycles. The summed E-state index contributed by atoms with van der Waals surface area (Å²) in [5.41, 5.74) is 1.21. The van der Waals surface area contributed by atoms with E-state index >= 15 is 0 Å². The Morgan fingerprint density at radius 1 is 1.04 bits per heavy atom. The second kappa shape index (κ2) is 9.80. The fraction of sp³-hybridized carbons (Fsp3) is 0.429. The standard InChI is InChI=1S/C21H30N4O/c1-5-22-21(24-13-12-23-20(26)15(2)3)25-16(4)18-11-10-17-8-6-7-9-19(17)14-18/h6-11,14-16H,5,12-13H2,1-4H3,(H,23,26)(H2,22,24,25). The molecule has 0 aliphatic heterocycles. The molecule has 0 aliphatic carbocycles. The van der Waals surface area contributed by atoms with Gasteiger partial charge in [-0.3, -0.25) is 9.79 Å². The number of aliphatic imine (C=N–C) groups is 1. The quantitative estimate of drug-likeness (QED) is 0.406. The molecular formula is C21H30N4O. The molecule has 0 aliphatic rings. The highest BCUT2D eigenvalue weighted by Gasteiger charge is 2.09. The average molecular weight is 354 g/mol. The minimum atomic E-state index is -0.00160. The SMILES string of the molecule is CCNC(=NCCNC(=O)C(C)C)NC(C)c1ccc2ccccc2c1. The molecule has 0 radical (unpaired) electrons. The molecule has 5 nitrogen and oxygen atoms in total. The number of hydrogen-bond acceptors (Lipinski definition) is 2. The van der Waals surface area contributed by atoms with Gasteiger partial charge in [-0.2, -0.15) is 0 Å². The van der Waals surface area contributed by atoms with Gasteiger partial charge in [0.2, 0.25) is 5.91 Å². The number of hydrogen-bond donors (Lipinski definition) is 3. The Bertz CT molecular complexity index is 755. The topological polar surface area (TPSA) is 65.5 Å². The Morgan fingerprint density at radius 3 is 2.46 bits per heavy atom. The van der Waals surface area contributed by atoms with Crippen LogP contribution in [0.3, 0.4) is 0 Å². The largest absolute Gasteiger partial charge is 0.357 e. The summed E-state index contributed by atoms with van der Waals surface area (Å²) in [4.78, 5) is 16.1. The van der Waals surface area contributed by atoms with Crippen LogP contribution in [0.1, 0.15) is 39.3 Å². The van der Waals surface area contributed by atoms with Gasteiger partial charge < -0.3 is 16.0 Å². The minimum absolute atomic E-state index is 0.00160. The van der Waals surface area contributed by atoms with Crippen LogP contribution in [0, 0.1) is 5.92 Å². The Hall–Kier alpha value is -2.56. The van der Waals surface area contributed by atoms with Gasteiger partial charge in [-0.05, 0) is 36.2 Å². The van der Waals surface area contributed by atoms with Crippen molar-refractivity contribution in [2.45, 2.75) is 33.7 Å². The third-order valence-electron chi connectivity index (χ3n) is 4.18. The number of rotatable bonds is 7. The molecule has 0 fully saturated rings. The van der Waals surface area contributed by atoms with E-state index in [1.165, 1.54) is 16.3 Å². The second-order valence-electron chi connectivity index (χ2n) is 6.68. The van der Waals surface area contributed by atoms with Crippen molar-refractivity contribution in [1.82, 2.24) is 16.0 Å². The molecule has 0 spiro atoms. The fourth-order valence-corrected chi connectivity index (χ4v) is 2.64. The van der Waals surface area contributed by atoms with Crippen LogP contribution in [0.5, 0.6) is 0 Å². The number of benzene rings is 2. The first-order valence-corrected chi connectivity index (χ1v) is 9.32. The summed E-state index contributed by atoms with van der Waals surface area (Å²) in [7, 11) is 0. The van der Waals surface area contributed by atoms with Crippen molar-refractivity contribution >= 4 is 22.6 Å². The number of guanidine groups is 1. The lowest BCUT2D eigenvalue weighted by atomic mass is 10.0. The van der Waals surface area contributed by atoms with E-state index in [1.54, 1.807) is 0 Å². The van der Waals surface area contributed by atoms with Crippen molar-refractivity contribution in [3.63, 3.8) is 0 Å². The molecular weight excluding hydrogens is 324 g/mol. The van der Waals surface area contributed by atoms with Gasteiger partial charge in [-0.1, -0.05) is 50.2 Å². The van der Waals surface area contributed by atoms with Crippen LogP contribution >= 0.6 is 0 Å². The number of carbonyl (C=O) groups is 1. The molecule has 0 heterocycles. The highest BCUT2D eigenvalue weighted by Crippen LogP contribution is 2.20. The zero-order valence-electron chi connectivity index (χ0n) is 16.2. The van der Waals surface area contributed by atoms with Crippen LogP contribution in [-0.4, -0.2) is 31.5 Å². The number of nitrogens with zero attached hydrogens (tertiary/aromatic N) is 1. The van der Waals surface area contributed by atoms with Crippen molar-refractivity contribution in [1.29, 1.82) is 0 Å². The molecule has 2 rings (SSSR count). The van der Waals surface area contributed by atoms with Crippen molar-refractivity contribution in [2.24, 2.45) is 10.9 Å². The molecule has 1 amide bonds. The Balaban J connectivity index is 1.98. The van der Waals surface area contributed by atoms with E-state index in [-0.39, 0.29) is 17.9 Å². The monoisotopic (exact) mass is 354 g/mol.